The van der Waals surface area contributed by atoms with Crippen molar-refractivity contribution in [2.45, 2.75) is 0 Å². The second kappa shape index (κ2) is 11.2. The quantitative estimate of drug-likeness (QED) is 0.197. The van der Waals surface area contributed by atoms with Crippen LogP contribution in [-0.2, 0) is 0 Å². The lowest BCUT2D eigenvalue weighted by atomic mass is 9.92. The smallest absolute Gasteiger partial charge is 0.161 e. The van der Waals surface area contributed by atoms with Gasteiger partial charge >= 0.3 is 0 Å². The van der Waals surface area contributed by atoms with Gasteiger partial charge in [0.15, 0.2) is 5.82 Å². The van der Waals surface area contributed by atoms with Crippen molar-refractivity contribution < 1.29 is 4.42 Å². The third kappa shape index (κ3) is 4.77. The van der Waals surface area contributed by atoms with Crippen molar-refractivity contribution in [1.29, 1.82) is 0 Å². The molecular formula is C44H28N2O. The minimum absolute atomic E-state index is 0.662. The Hall–Kier alpha value is -6.32. The van der Waals surface area contributed by atoms with E-state index in [1.165, 1.54) is 21.9 Å². The molecule has 0 atom stereocenters. The van der Waals surface area contributed by atoms with E-state index in [2.05, 4.69) is 121 Å². The van der Waals surface area contributed by atoms with Crippen molar-refractivity contribution >= 4 is 32.7 Å². The van der Waals surface area contributed by atoms with Gasteiger partial charge in [0, 0.05) is 27.5 Å². The molecule has 0 fully saturated rings. The third-order valence-corrected chi connectivity index (χ3v) is 8.93. The van der Waals surface area contributed by atoms with Crippen LogP contribution in [0.25, 0.3) is 88.9 Å². The number of benzene rings is 7. The van der Waals surface area contributed by atoms with E-state index in [0.717, 1.165) is 61.1 Å². The van der Waals surface area contributed by atoms with Gasteiger partial charge in [0.25, 0.3) is 0 Å². The maximum Gasteiger partial charge on any atom is 0.161 e. The third-order valence-electron chi connectivity index (χ3n) is 8.93. The number of rotatable bonds is 5. The Labute approximate surface area is 272 Å². The Morgan fingerprint density at radius 2 is 0.957 bits per heavy atom. The molecule has 0 aliphatic carbocycles. The number of hydrogen-bond acceptors (Lipinski definition) is 3. The first kappa shape index (κ1) is 27.0. The van der Waals surface area contributed by atoms with Crippen LogP contribution in [0.3, 0.4) is 0 Å². The van der Waals surface area contributed by atoms with Crippen molar-refractivity contribution in [2.75, 3.05) is 0 Å². The Balaban J connectivity index is 1.30. The zero-order valence-electron chi connectivity index (χ0n) is 25.5. The minimum atomic E-state index is 0.662. The van der Waals surface area contributed by atoms with Crippen molar-refractivity contribution in [3.05, 3.63) is 170 Å². The Kier molecular flexibility index (Phi) is 6.46. The lowest BCUT2D eigenvalue weighted by molar-refractivity contribution is 0.669. The Morgan fingerprint density at radius 3 is 1.66 bits per heavy atom. The van der Waals surface area contributed by atoms with Gasteiger partial charge in [0.1, 0.15) is 11.2 Å². The van der Waals surface area contributed by atoms with Crippen molar-refractivity contribution in [3.63, 3.8) is 0 Å². The maximum absolute atomic E-state index is 6.40. The summed E-state index contributed by atoms with van der Waals surface area (Å²) in [4.78, 5) is 10.5. The average Bonchev–Trinajstić information content (AvgIpc) is 3.54. The lowest BCUT2D eigenvalue weighted by Gasteiger charge is -2.15. The molecule has 2 heterocycles. The number of fused-ring (bicyclic) bond motifs is 4. The summed E-state index contributed by atoms with van der Waals surface area (Å²) >= 11 is 0. The summed E-state index contributed by atoms with van der Waals surface area (Å²) in [7, 11) is 0. The Bertz CT molecular complexity index is 2490. The molecule has 9 aromatic rings. The van der Waals surface area contributed by atoms with Crippen LogP contribution in [0, 0.1) is 0 Å². The van der Waals surface area contributed by atoms with E-state index in [0.29, 0.717) is 5.82 Å². The highest BCUT2D eigenvalue weighted by atomic mass is 16.3. The normalized spacial score (nSPS) is 11.4. The largest absolute Gasteiger partial charge is 0.456 e. The fraction of sp³-hybridized carbons (Fsp3) is 0. The molecule has 0 saturated heterocycles. The van der Waals surface area contributed by atoms with Gasteiger partial charge in [-0.25, -0.2) is 9.97 Å². The van der Waals surface area contributed by atoms with Crippen LogP contribution < -0.4 is 0 Å². The predicted molar refractivity (Wildman–Crippen MR) is 194 cm³/mol. The van der Waals surface area contributed by atoms with E-state index in [1.807, 2.05) is 48.5 Å². The van der Waals surface area contributed by atoms with Crippen molar-refractivity contribution in [1.82, 2.24) is 9.97 Å². The van der Waals surface area contributed by atoms with Gasteiger partial charge < -0.3 is 4.42 Å². The standard InChI is InChI=1S/C44H28N2O/c1-3-13-32(14-4-1)38-28-39(33-15-5-2-6-16-33)46-44(45-38)43-36(26-27-41-42(43)37-19-9-10-21-40(37)47-41)31-24-22-30(23-25-31)35-20-11-17-29-12-7-8-18-34(29)35/h1-28H. The maximum atomic E-state index is 6.40. The van der Waals surface area contributed by atoms with E-state index in [4.69, 9.17) is 14.4 Å². The minimum Gasteiger partial charge on any atom is -0.456 e. The molecule has 3 nitrogen and oxygen atoms in total. The van der Waals surface area contributed by atoms with Crippen LogP contribution in [0.1, 0.15) is 0 Å². The summed E-state index contributed by atoms with van der Waals surface area (Å²) in [6, 6.07) is 59.1. The molecule has 0 bridgehead atoms. The molecule has 0 unspecified atom stereocenters. The van der Waals surface area contributed by atoms with Crippen LogP contribution in [0.2, 0.25) is 0 Å². The molecule has 47 heavy (non-hydrogen) atoms. The first-order valence-electron chi connectivity index (χ1n) is 15.8. The number of aromatic nitrogens is 2. The fourth-order valence-electron chi connectivity index (χ4n) is 6.67. The molecule has 9 rings (SSSR count). The van der Waals surface area contributed by atoms with Gasteiger partial charge in [-0.15, -0.1) is 0 Å². The van der Waals surface area contributed by atoms with Gasteiger partial charge in [-0.1, -0.05) is 146 Å². The van der Waals surface area contributed by atoms with Crippen LogP contribution >= 0.6 is 0 Å². The van der Waals surface area contributed by atoms with Gasteiger partial charge in [-0.2, -0.15) is 0 Å². The van der Waals surface area contributed by atoms with Crippen molar-refractivity contribution in [2.24, 2.45) is 0 Å². The molecule has 0 saturated carbocycles. The first-order valence-corrected chi connectivity index (χ1v) is 15.8. The molecule has 2 aromatic heterocycles. The number of furan rings is 1. The second-order valence-electron chi connectivity index (χ2n) is 11.8. The van der Waals surface area contributed by atoms with Crippen LogP contribution in [0.5, 0.6) is 0 Å². The lowest BCUT2D eigenvalue weighted by Crippen LogP contribution is -1.98. The number of hydrogen-bond donors (Lipinski definition) is 0. The summed E-state index contributed by atoms with van der Waals surface area (Å²) in [6.45, 7) is 0. The summed E-state index contributed by atoms with van der Waals surface area (Å²) in [5.41, 5.74) is 11.0. The van der Waals surface area contributed by atoms with E-state index in [1.54, 1.807) is 0 Å². The highest BCUT2D eigenvalue weighted by Gasteiger charge is 2.21. The molecule has 0 amide bonds. The highest BCUT2D eigenvalue weighted by Crippen LogP contribution is 2.43. The molecule has 0 spiro atoms. The summed E-state index contributed by atoms with van der Waals surface area (Å²) in [5, 5.41) is 4.54. The van der Waals surface area contributed by atoms with E-state index < -0.39 is 0 Å². The molecule has 0 N–H and O–H groups in total. The SMILES string of the molecule is c1ccc(-c2cc(-c3ccccc3)nc(-c3c(-c4ccc(-c5cccc6ccccc56)cc4)ccc4oc5ccccc5c34)n2)cc1. The van der Waals surface area contributed by atoms with Crippen LogP contribution in [0.15, 0.2) is 174 Å². The monoisotopic (exact) mass is 600 g/mol. The van der Waals surface area contributed by atoms with Gasteiger partial charge in [0.2, 0.25) is 0 Å². The number of para-hydroxylation sites is 1. The van der Waals surface area contributed by atoms with Gasteiger partial charge in [0.05, 0.1) is 11.4 Å². The fourth-order valence-corrected chi connectivity index (χ4v) is 6.67. The summed E-state index contributed by atoms with van der Waals surface area (Å²) < 4.78 is 6.40. The average molecular weight is 601 g/mol. The van der Waals surface area contributed by atoms with Crippen molar-refractivity contribution in [3.8, 4) is 56.2 Å². The molecule has 220 valence electrons. The highest BCUT2D eigenvalue weighted by molar-refractivity contribution is 6.15. The van der Waals surface area contributed by atoms with Gasteiger partial charge in [-0.05, 0) is 57.3 Å². The molecule has 7 aromatic carbocycles. The number of nitrogens with zero attached hydrogens (tertiary/aromatic N) is 2. The molecule has 3 heteroatoms. The molecule has 0 aliphatic rings. The van der Waals surface area contributed by atoms with Crippen LogP contribution in [-0.4, -0.2) is 9.97 Å². The molecular weight excluding hydrogens is 572 g/mol. The zero-order valence-corrected chi connectivity index (χ0v) is 25.5. The molecule has 0 aliphatic heterocycles. The van der Waals surface area contributed by atoms with E-state index in [-0.39, 0.29) is 0 Å². The Morgan fingerprint density at radius 1 is 0.383 bits per heavy atom. The molecule has 0 radical (unpaired) electrons. The zero-order chi connectivity index (χ0) is 31.2. The van der Waals surface area contributed by atoms with E-state index in [9.17, 15) is 0 Å². The summed E-state index contributed by atoms with van der Waals surface area (Å²) in [5.74, 6) is 0.662. The van der Waals surface area contributed by atoms with Gasteiger partial charge in [-0.3, -0.25) is 0 Å². The topological polar surface area (TPSA) is 38.9 Å². The summed E-state index contributed by atoms with van der Waals surface area (Å²) in [6.07, 6.45) is 0. The first-order chi connectivity index (χ1) is 23.3. The second-order valence-corrected chi connectivity index (χ2v) is 11.8. The van der Waals surface area contributed by atoms with Crippen LogP contribution in [0.4, 0.5) is 0 Å². The predicted octanol–water partition coefficient (Wildman–Crippen LogP) is 11.9. The van der Waals surface area contributed by atoms with E-state index >= 15 is 0 Å².